The number of halogens is 2. The molecule has 0 aliphatic carbocycles. The first-order valence-electron chi connectivity index (χ1n) is 8.64. The van der Waals surface area contributed by atoms with Crippen LogP contribution in [0.2, 0.25) is 10.0 Å². The minimum absolute atomic E-state index is 0.0380. The van der Waals surface area contributed by atoms with Crippen molar-refractivity contribution in [3.05, 3.63) is 57.4 Å². The molecule has 1 aliphatic rings. The van der Waals surface area contributed by atoms with E-state index in [2.05, 4.69) is 17.0 Å². The molecule has 0 atom stereocenters. The van der Waals surface area contributed by atoms with Crippen molar-refractivity contribution < 1.29 is 9.53 Å². The van der Waals surface area contributed by atoms with E-state index in [0.29, 0.717) is 33.8 Å². The summed E-state index contributed by atoms with van der Waals surface area (Å²) in [7, 11) is 1.57. The molecule has 1 saturated heterocycles. The molecule has 0 saturated carbocycles. The number of carbonyl (C=O) groups excluding carboxylic acids is 1. The third-order valence-corrected chi connectivity index (χ3v) is 7.01. The van der Waals surface area contributed by atoms with E-state index < -0.39 is 0 Å². The molecule has 0 unspecified atom stereocenters. The highest BCUT2D eigenvalue weighted by atomic mass is 35.5. The maximum absolute atomic E-state index is 13.1. The van der Waals surface area contributed by atoms with Gasteiger partial charge in [0.25, 0.3) is 5.91 Å². The summed E-state index contributed by atoms with van der Waals surface area (Å²) in [6.07, 6.45) is 0. The van der Waals surface area contributed by atoms with Gasteiger partial charge in [-0.1, -0.05) is 41.4 Å². The summed E-state index contributed by atoms with van der Waals surface area (Å²) >= 11 is 14.2. The van der Waals surface area contributed by atoms with Crippen LogP contribution in [0.15, 0.2) is 42.5 Å². The van der Waals surface area contributed by atoms with Gasteiger partial charge in [-0.05, 0) is 24.3 Å². The highest BCUT2D eigenvalue weighted by Gasteiger charge is 2.27. The number of carbonyl (C=O) groups is 1. The molecule has 0 N–H and O–H groups in total. The number of nitrogens with zero attached hydrogens (tertiary/aromatic N) is 2. The molecule has 27 heavy (non-hydrogen) atoms. The molecule has 0 bridgehead atoms. The summed E-state index contributed by atoms with van der Waals surface area (Å²) < 4.78 is 6.05. The number of piperazine rings is 1. The number of benzene rings is 2. The fourth-order valence-electron chi connectivity index (χ4n) is 3.33. The molecule has 140 valence electrons. The van der Waals surface area contributed by atoms with E-state index in [1.807, 2.05) is 29.2 Å². The van der Waals surface area contributed by atoms with Crippen LogP contribution in [0.4, 0.5) is 5.69 Å². The zero-order valence-electron chi connectivity index (χ0n) is 14.7. The molecular weight excluding hydrogens is 403 g/mol. The van der Waals surface area contributed by atoms with E-state index >= 15 is 0 Å². The SMILES string of the molecule is COc1ccc2c(Cl)c(C(=O)N3CCN(c4ccccc4)CC3)sc2c1Cl. The fourth-order valence-corrected chi connectivity index (χ4v) is 5.18. The van der Waals surface area contributed by atoms with Crippen molar-refractivity contribution in [3.63, 3.8) is 0 Å². The van der Waals surface area contributed by atoms with E-state index in [1.165, 1.54) is 17.0 Å². The van der Waals surface area contributed by atoms with Gasteiger partial charge in [0.1, 0.15) is 15.6 Å². The van der Waals surface area contributed by atoms with Crippen molar-refractivity contribution in [2.45, 2.75) is 0 Å². The number of fused-ring (bicyclic) bond motifs is 1. The number of anilines is 1. The first-order chi connectivity index (χ1) is 13.1. The molecule has 2 aromatic carbocycles. The van der Waals surface area contributed by atoms with Crippen LogP contribution in [0.3, 0.4) is 0 Å². The lowest BCUT2D eigenvalue weighted by molar-refractivity contribution is 0.0752. The second kappa shape index (κ2) is 7.58. The zero-order chi connectivity index (χ0) is 19.0. The fraction of sp³-hybridized carbons (Fsp3) is 0.250. The Bertz CT molecular complexity index is 983. The third-order valence-electron chi connectivity index (χ3n) is 4.80. The predicted octanol–water partition coefficient (Wildman–Crippen LogP) is 5.18. The number of thiophene rings is 1. The van der Waals surface area contributed by atoms with Crippen LogP contribution in [0.25, 0.3) is 10.1 Å². The Kier molecular flexibility index (Phi) is 5.17. The summed E-state index contributed by atoms with van der Waals surface area (Å²) in [5, 5.41) is 1.75. The predicted molar refractivity (Wildman–Crippen MR) is 113 cm³/mol. The number of rotatable bonds is 3. The van der Waals surface area contributed by atoms with E-state index in [9.17, 15) is 4.79 Å². The largest absolute Gasteiger partial charge is 0.495 e. The molecule has 0 radical (unpaired) electrons. The smallest absolute Gasteiger partial charge is 0.265 e. The number of methoxy groups -OCH3 is 1. The molecule has 7 heteroatoms. The van der Waals surface area contributed by atoms with Crippen molar-refractivity contribution in [3.8, 4) is 5.75 Å². The van der Waals surface area contributed by atoms with Gasteiger partial charge in [0.15, 0.2) is 0 Å². The molecule has 1 amide bonds. The first-order valence-corrected chi connectivity index (χ1v) is 10.2. The summed E-state index contributed by atoms with van der Waals surface area (Å²) in [4.78, 5) is 17.7. The summed E-state index contributed by atoms with van der Waals surface area (Å²) in [5.74, 6) is 0.543. The molecule has 1 aliphatic heterocycles. The molecular formula is C20H18Cl2N2O2S. The van der Waals surface area contributed by atoms with Gasteiger partial charge in [-0.25, -0.2) is 0 Å². The van der Waals surface area contributed by atoms with Gasteiger partial charge in [-0.15, -0.1) is 11.3 Å². The Morgan fingerprint density at radius 2 is 1.70 bits per heavy atom. The van der Waals surface area contributed by atoms with Gasteiger partial charge in [0, 0.05) is 37.3 Å². The van der Waals surface area contributed by atoms with Crippen molar-refractivity contribution in [1.82, 2.24) is 4.90 Å². The van der Waals surface area contributed by atoms with Crippen LogP contribution >= 0.6 is 34.5 Å². The second-order valence-electron chi connectivity index (χ2n) is 6.32. The van der Waals surface area contributed by atoms with Crippen LogP contribution in [0.5, 0.6) is 5.75 Å². The lowest BCUT2D eigenvalue weighted by Gasteiger charge is -2.36. The van der Waals surface area contributed by atoms with Crippen molar-refractivity contribution in [2.24, 2.45) is 0 Å². The second-order valence-corrected chi connectivity index (χ2v) is 8.10. The molecule has 1 aromatic heterocycles. The maximum atomic E-state index is 13.1. The Balaban J connectivity index is 1.55. The van der Waals surface area contributed by atoms with Gasteiger partial charge in [-0.3, -0.25) is 4.79 Å². The molecule has 2 heterocycles. The van der Waals surface area contributed by atoms with E-state index in [1.54, 1.807) is 13.2 Å². The normalized spacial score (nSPS) is 14.6. The minimum Gasteiger partial charge on any atom is -0.495 e. The summed E-state index contributed by atoms with van der Waals surface area (Å²) in [6.45, 7) is 2.92. The molecule has 1 fully saturated rings. The number of hydrogen-bond acceptors (Lipinski definition) is 4. The van der Waals surface area contributed by atoms with Crippen LogP contribution in [0.1, 0.15) is 9.67 Å². The van der Waals surface area contributed by atoms with E-state index in [0.717, 1.165) is 23.2 Å². The quantitative estimate of drug-likeness (QED) is 0.584. The summed E-state index contributed by atoms with van der Waals surface area (Å²) in [5.41, 5.74) is 1.18. The third kappa shape index (κ3) is 3.35. The molecule has 4 rings (SSSR count). The van der Waals surface area contributed by atoms with Gasteiger partial charge in [0.05, 0.1) is 16.8 Å². The van der Waals surface area contributed by atoms with Crippen LogP contribution in [-0.4, -0.2) is 44.1 Å². The zero-order valence-corrected chi connectivity index (χ0v) is 17.1. The first kappa shape index (κ1) is 18.4. The highest BCUT2D eigenvalue weighted by Crippen LogP contribution is 2.43. The molecule has 3 aromatic rings. The monoisotopic (exact) mass is 420 g/mol. The van der Waals surface area contributed by atoms with Crippen molar-refractivity contribution in [2.75, 3.05) is 38.2 Å². The Hall–Kier alpha value is -1.95. The van der Waals surface area contributed by atoms with Crippen molar-refractivity contribution >= 4 is 56.2 Å². The van der Waals surface area contributed by atoms with Gasteiger partial charge < -0.3 is 14.5 Å². The standard InChI is InChI=1S/C20H18Cl2N2O2S/c1-26-15-8-7-14-16(21)19(27-18(14)17(15)22)20(25)24-11-9-23(10-12-24)13-5-3-2-4-6-13/h2-8H,9-12H2,1H3. The molecule has 0 spiro atoms. The highest BCUT2D eigenvalue weighted by molar-refractivity contribution is 7.22. The van der Waals surface area contributed by atoms with Crippen LogP contribution < -0.4 is 9.64 Å². The number of amides is 1. The number of hydrogen-bond donors (Lipinski definition) is 0. The Morgan fingerprint density at radius 3 is 2.37 bits per heavy atom. The number of para-hydroxylation sites is 1. The van der Waals surface area contributed by atoms with E-state index in [-0.39, 0.29) is 5.91 Å². The molecule has 4 nitrogen and oxygen atoms in total. The minimum atomic E-state index is -0.0380. The Morgan fingerprint density at radius 1 is 1.00 bits per heavy atom. The lowest BCUT2D eigenvalue weighted by atomic mass is 10.2. The number of ether oxygens (including phenoxy) is 1. The van der Waals surface area contributed by atoms with Crippen LogP contribution in [0, 0.1) is 0 Å². The average molecular weight is 421 g/mol. The van der Waals surface area contributed by atoms with Gasteiger partial charge in [-0.2, -0.15) is 0 Å². The Labute approximate surface area is 171 Å². The topological polar surface area (TPSA) is 32.8 Å². The van der Waals surface area contributed by atoms with Gasteiger partial charge >= 0.3 is 0 Å². The van der Waals surface area contributed by atoms with Crippen LogP contribution in [-0.2, 0) is 0 Å². The van der Waals surface area contributed by atoms with Crippen molar-refractivity contribution in [1.29, 1.82) is 0 Å². The maximum Gasteiger partial charge on any atom is 0.265 e. The average Bonchev–Trinajstić information content (AvgIpc) is 3.06. The lowest BCUT2D eigenvalue weighted by Crippen LogP contribution is -2.48. The van der Waals surface area contributed by atoms with E-state index in [4.69, 9.17) is 27.9 Å². The van der Waals surface area contributed by atoms with Gasteiger partial charge in [0.2, 0.25) is 0 Å². The summed E-state index contributed by atoms with van der Waals surface area (Å²) in [6, 6.07) is 13.9.